The van der Waals surface area contributed by atoms with E-state index in [-0.39, 0.29) is 20.4 Å². The molecule has 0 aliphatic heterocycles. The quantitative estimate of drug-likeness (QED) is 0.350. The SMILES string of the molecule is CC(C)n1c(CCC(C)(C)C)c(-c2cc[c-]cc2)c2ccccc21.[Re]. The van der Waals surface area contributed by atoms with Gasteiger partial charge in [0.2, 0.25) is 0 Å². The average molecular weight is 505 g/mol. The molecule has 0 saturated carbocycles. The number of aromatic nitrogens is 1. The summed E-state index contributed by atoms with van der Waals surface area (Å²) in [5, 5.41) is 1.36. The van der Waals surface area contributed by atoms with Crippen LogP contribution in [0, 0.1) is 11.5 Å². The first kappa shape index (κ1) is 20.0. The predicted octanol–water partition coefficient (Wildman–Crippen LogP) is 6.67. The van der Waals surface area contributed by atoms with Crippen LogP contribution in [0.1, 0.15) is 52.8 Å². The van der Waals surface area contributed by atoms with Gasteiger partial charge in [0, 0.05) is 43.1 Å². The van der Waals surface area contributed by atoms with Crippen LogP contribution in [0.2, 0.25) is 0 Å². The Morgan fingerprint density at radius 2 is 1.64 bits per heavy atom. The van der Waals surface area contributed by atoms with E-state index in [1.807, 2.05) is 12.1 Å². The molecule has 0 aliphatic rings. The van der Waals surface area contributed by atoms with Crippen molar-refractivity contribution in [3.63, 3.8) is 0 Å². The number of benzene rings is 2. The number of hydrogen-bond donors (Lipinski definition) is 0. The number of hydrogen-bond acceptors (Lipinski definition) is 0. The molecule has 2 aromatic carbocycles. The Morgan fingerprint density at radius 3 is 2.24 bits per heavy atom. The van der Waals surface area contributed by atoms with Crippen LogP contribution in [0.3, 0.4) is 0 Å². The summed E-state index contributed by atoms with van der Waals surface area (Å²) in [6.07, 6.45) is 2.28. The molecule has 1 nitrogen and oxygen atoms in total. The van der Waals surface area contributed by atoms with Crippen molar-refractivity contribution in [1.29, 1.82) is 0 Å². The average Bonchev–Trinajstić information content (AvgIpc) is 2.87. The van der Waals surface area contributed by atoms with Gasteiger partial charge in [-0.2, -0.15) is 30.3 Å². The Kier molecular flexibility index (Phi) is 6.31. The van der Waals surface area contributed by atoms with Crippen molar-refractivity contribution >= 4 is 10.9 Å². The molecule has 0 atom stereocenters. The summed E-state index contributed by atoms with van der Waals surface area (Å²) in [7, 11) is 0. The first-order valence-corrected chi connectivity index (χ1v) is 8.97. The summed E-state index contributed by atoms with van der Waals surface area (Å²) in [6, 6.07) is 20.8. The van der Waals surface area contributed by atoms with Crippen LogP contribution in [-0.2, 0) is 26.8 Å². The molecule has 0 amide bonds. The molecule has 0 unspecified atom stereocenters. The number of nitrogens with zero attached hydrogens (tertiary/aromatic N) is 1. The smallest absolute Gasteiger partial charge is 0.0490 e. The largest absolute Gasteiger partial charge is 0.342 e. The minimum atomic E-state index is 0. The first-order chi connectivity index (χ1) is 11.4. The van der Waals surface area contributed by atoms with Gasteiger partial charge in [-0.05, 0) is 43.7 Å². The van der Waals surface area contributed by atoms with Crippen molar-refractivity contribution in [2.45, 2.75) is 53.5 Å². The van der Waals surface area contributed by atoms with Crippen molar-refractivity contribution in [2.75, 3.05) is 0 Å². The minimum Gasteiger partial charge on any atom is -0.342 e. The van der Waals surface area contributed by atoms with Gasteiger partial charge in [0.25, 0.3) is 0 Å². The molecular formula is C23H28NRe-. The summed E-state index contributed by atoms with van der Waals surface area (Å²) in [4.78, 5) is 0. The summed E-state index contributed by atoms with van der Waals surface area (Å²) in [6.45, 7) is 11.6. The second kappa shape index (κ2) is 7.90. The van der Waals surface area contributed by atoms with Crippen molar-refractivity contribution in [2.24, 2.45) is 5.41 Å². The van der Waals surface area contributed by atoms with Gasteiger partial charge in [0.05, 0.1) is 0 Å². The normalized spacial score (nSPS) is 11.8. The van der Waals surface area contributed by atoms with Crippen molar-refractivity contribution < 1.29 is 20.4 Å². The zero-order chi connectivity index (χ0) is 17.3. The molecule has 0 bridgehead atoms. The van der Waals surface area contributed by atoms with Crippen molar-refractivity contribution in [3.05, 3.63) is 60.3 Å². The van der Waals surface area contributed by atoms with E-state index in [0.717, 1.165) is 6.42 Å². The van der Waals surface area contributed by atoms with Crippen LogP contribution < -0.4 is 0 Å². The number of para-hydroxylation sites is 1. The van der Waals surface area contributed by atoms with Gasteiger partial charge in [0.1, 0.15) is 0 Å². The van der Waals surface area contributed by atoms with Crippen molar-refractivity contribution in [1.82, 2.24) is 4.57 Å². The maximum Gasteiger partial charge on any atom is 0.0490 e. The molecule has 0 saturated heterocycles. The van der Waals surface area contributed by atoms with E-state index in [2.05, 4.69) is 81.7 Å². The fraction of sp³-hybridized carbons (Fsp3) is 0.391. The third-order valence-corrected chi connectivity index (χ3v) is 4.65. The van der Waals surface area contributed by atoms with E-state index in [0.29, 0.717) is 11.5 Å². The molecule has 1 heterocycles. The number of fused-ring (bicyclic) bond motifs is 1. The van der Waals surface area contributed by atoms with E-state index in [1.54, 1.807) is 0 Å². The summed E-state index contributed by atoms with van der Waals surface area (Å²) in [5.74, 6) is 0. The van der Waals surface area contributed by atoms with Gasteiger partial charge in [-0.1, -0.05) is 39.0 Å². The molecule has 3 rings (SSSR count). The van der Waals surface area contributed by atoms with Crippen molar-refractivity contribution in [3.8, 4) is 11.1 Å². The minimum absolute atomic E-state index is 0. The first-order valence-electron chi connectivity index (χ1n) is 8.97. The maximum atomic E-state index is 3.15. The van der Waals surface area contributed by atoms with E-state index in [4.69, 9.17) is 0 Å². The molecule has 25 heavy (non-hydrogen) atoms. The third-order valence-electron chi connectivity index (χ3n) is 4.65. The molecule has 3 aromatic rings. The zero-order valence-electron chi connectivity index (χ0n) is 15.9. The van der Waals surface area contributed by atoms with Gasteiger partial charge in [0.15, 0.2) is 0 Å². The summed E-state index contributed by atoms with van der Waals surface area (Å²) in [5.41, 5.74) is 5.84. The van der Waals surface area contributed by atoms with Crippen LogP contribution >= 0.6 is 0 Å². The van der Waals surface area contributed by atoms with E-state index < -0.39 is 0 Å². The molecule has 0 fully saturated rings. The Bertz CT molecular complexity index is 822. The standard InChI is InChI=1S/C23H28N.Re/c1-17(2)24-20-14-10-9-13-19(20)22(18-11-7-6-8-12-18)21(24)15-16-23(3,4)5;/h7-14,17H,15-16H2,1-5H3;/q-1;. The molecular weight excluding hydrogens is 476 g/mol. The summed E-state index contributed by atoms with van der Waals surface area (Å²) < 4.78 is 2.53. The molecule has 133 valence electrons. The fourth-order valence-electron chi connectivity index (χ4n) is 3.52. The van der Waals surface area contributed by atoms with E-state index in [1.165, 1.54) is 34.1 Å². The molecule has 2 heteroatoms. The second-order valence-corrected chi connectivity index (χ2v) is 8.15. The van der Waals surface area contributed by atoms with Crippen LogP contribution in [-0.4, -0.2) is 4.57 Å². The van der Waals surface area contributed by atoms with Gasteiger partial charge < -0.3 is 4.57 Å². The third kappa shape index (κ3) is 4.25. The second-order valence-electron chi connectivity index (χ2n) is 8.15. The molecule has 0 aliphatic carbocycles. The van der Waals surface area contributed by atoms with Gasteiger partial charge in [-0.25, -0.2) is 0 Å². The Morgan fingerprint density at radius 1 is 1.00 bits per heavy atom. The van der Waals surface area contributed by atoms with Crippen LogP contribution in [0.15, 0.2) is 48.5 Å². The number of rotatable bonds is 4. The molecule has 1 radical (unpaired) electrons. The molecule has 0 N–H and O–H groups in total. The fourth-order valence-corrected chi connectivity index (χ4v) is 3.52. The monoisotopic (exact) mass is 505 g/mol. The summed E-state index contributed by atoms with van der Waals surface area (Å²) >= 11 is 0. The molecule has 0 spiro atoms. The Labute approximate surface area is 166 Å². The van der Waals surface area contributed by atoms with Crippen LogP contribution in [0.5, 0.6) is 0 Å². The molecule has 1 aromatic heterocycles. The van der Waals surface area contributed by atoms with Gasteiger partial charge in [-0.15, -0.1) is 5.56 Å². The Hall–Kier alpha value is -1.36. The van der Waals surface area contributed by atoms with Crippen LogP contribution in [0.25, 0.3) is 22.0 Å². The topological polar surface area (TPSA) is 4.93 Å². The van der Waals surface area contributed by atoms with Gasteiger partial charge >= 0.3 is 0 Å². The van der Waals surface area contributed by atoms with E-state index in [9.17, 15) is 0 Å². The maximum absolute atomic E-state index is 3.15. The van der Waals surface area contributed by atoms with Crippen LogP contribution in [0.4, 0.5) is 0 Å². The van der Waals surface area contributed by atoms with E-state index >= 15 is 0 Å². The zero-order valence-corrected chi connectivity index (χ0v) is 18.7. The Balaban J connectivity index is 0.00000225. The van der Waals surface area contributed by atoms with Gasteiger partial charge in [-0.3, -0.25) is 0 Å². The predicted molar refractivity (Wildman–Crippen MR) is 104 cm³/mol.